The van der Waals surface area contributed by atoms with E-state index in [0.29, 0.717) is 23.7 Å². The summed E-state index contributed by atoms with van der Waals surface area (Å²) in [5, 5.41) is 4.43. The molecule has 1 N–H and O–H groups in total. The van der Waals surface area contributed by atoms with Crippen molar-refractivity contribution in [2.45, 2.75) is 13.3 Å². The monoisotopic (exact) mass is 372 g/mol. The number of halogens is 1. The molecule has 3 rings (SSSR count). The summed E-state index contributed by atoms with van der Waals surface area (Å²) < 4.78 is 5.19. The van der Waals surface area contributed by atoms with Crippen molar-refractivity contribution >= 4 is 29.0 Å². The highest BCUT2D eigenvalue weighted by atomic mass is 35.5. The van der Waals surface area contributed by atoms with Gasteiger partial charge in [0.2, 0.25) is 0 Å². The lowest BCUT2D eigenvalue weighted by Gasteiger charge is -2.05. The lowest BCUT2D eigenvalue weighted by atomic mass is 10.2. The fourth-order valence-corrected chi connectivity index (χ4v) is 3.48. The van der Waals surface area contributed by atoms with Crippen molar-refractivity contribution in [2.24, 2.45) is 0 Å². The van der Waals surface area contributed by atoms with Gasteiger partial charge in [0, 0.05) is 28.4 Å². The second-order valence-corrected chi connectivity index (χ2v) is 6.93. The van der Waals surface area contributed by atoms with Gasteiger partial charge in [0.25, 0.3) is 0 Å². The van der Waals surface area contributed by atoms with Crippen LogP contribution in [-0.2, 0) is 6.42 Å². The zero-order valence-corrected chi connectivity index (χ0v) is 15.2. The van der Waals surface area contributed by atoms with E-state index in [2.05, 4.69) is 10.3 Å². The molecule has 0 saturated carbocycles. The first-order chi connectivity index (χ1) is 12.1. The van der Waals surface area contributed by atoms with Crippen molar-refractivity contribution in [2.75, 3.05) is 6.54 Å². The maximum Gasteiger partial charge on any atom is 0.412 e. The molecule has 1 amide bonds. The van der Waals surface area contributed by atoms with E-state index in [-0.39, 0.29) is 0 Å². The zero-order valence-electron chi connectivity index (χ0n) is 13.7. The SMILES string of the molecule is Cc1nc(-c2ccc(Cl)cc2)sc1CCNC(=O)Oc1ccccc1. The second-order valence-electron chi connectivity index (χ2n) is 5.41. The summed E-state index contributed by atoms with van der Waals surface area (Å²) in [5.41, 5.74) is 2.02. The average molecular weight is 373 g/mol. The number of aryl methyl sites for hydroxylation is 1. The minimum atomic E-state index is -0.453. The van der Waals surface area contributed by atoms with Crippen LogP contribution in [0.4, 0.5) is 4.79 Å². The molecule has 2 aromatic carbocycles. The normalized spacial score (nSPS) is 10.5. The highest BCUT2D eigenvalue weighted by Crippen LogP contribution is 2.28. The van der Waals surface area contributed by atoms with Gasteiger partial charge in [0.15, 0.2) is 0 Å². The minimum absolute atomic E-state index is 0.453. The number of carbonyl (C=O) groups is 1. The van der Waals surface area contributed by atoms with E-state index in [9.17, 15) is 4.79 Å². The smallest absolute Gasteiger partial charge is 0.410 e. The number of hydrogen-bond acceptors (Lipinski definition) is 4. The van der Waals surface area contributed by atoms with E-state index in [1.807, 2.05) is 49.4 Å². The van der Waals surface area contributed by atoms with E-state index in [0.717, 1.165) is 21.1 Å². The summed E-state index contributed by atoms with van der Waals surface area (Å²) in [6, 6.07) is 16.6. The quantitative estimate of drug-likeness (QED) is 0.677. The van der Waals surface area contributed by atoms with Crippen LogP contribution >= 0.6 is 22.9 Å². The van der Waals surface area contributed by atoms with Gasteiger partial charge in [-0.1, -0.05) is 41.9 Å². The van der Waals surface area contributed by atoms with Gasteiger partial charge in [-0.3, -0.25) is 0 Å². The lowest BCUT2D eigenvalue weighted by molar-refractivity contribution is 0.200. The first kappa shape index (κ1) is 17.5. The number of para-hydroxylation sites is 1. The number of nitrogens with zero attached hydrogens (tertiary/aromatic N) is 1. The number of carbonyl (C=O) groups excluding carboxylic acids is 1. The Morgan fingerprint density at radius 2 is 1.88 bits per heavy atom. The molecule has 3 aromatic rings. The van der Waals surface area contributed by atoms with E-state index in [1.165, 1.54) is 0 Å². The van der Waals surface area contributed by atoms with Gasteiger partial charge in [-0.05, 0) is 31.2 Å². The summed E-state index contributed by atoms with van der Waals surface area (Å²) >= 11 is 7.55. The van der Waals surface area contributed by atoms with Crippen LogP contribution in [0.2, 0.25) is 5.02 Å². The van der Waals surface area contributed by atoms with Gasteiger partial charge in [0.1, 0.15) is 10.8 Å². The number of amides is 1. The van der Waals surface area contributed by atoms with E-state index in [4.69, 9.17) is 16.3 Å². The van der Waals surface area contributed by atoms with E-state index < -0.39 is 6.09 Å². The van der Waals surface area contributed by atoms with Gasteiger partial charge in [-0.15, -0.1) is 11.3 Å². The first-order valence-corrected chi connectivity index (χ1v) is 9.04. The Kier molecular flexibility index (Phi) is 5.68. The third-order valence-electron chi connectivity index (χ3n) is 3.56. The largest absolute Gasteiger partial charge is 0.412 e. The molecule has 1 heterocycles. The Bertz CT molecular complexity index is 848. The molecule has 0 saturated heterocycles. The maximum absolute atomic E-state index is 11.8. The van der Waals surface area contributed by atoms with Crippen molar-refractivity contribution in [3.8, 4) is 16.3 Å². The van der Waals surface area contributed by atoms with Crippen LogP contribution in [0.3, 0.4) is 0 Å². The van der Waals surface area contributed by atoms with Crippen LogP contribution in [-0.4, -0.2) is 17.6 Å². The highest BCUT2D eigenvalue weighted by Gasteiger charge is 2.10. The van der Waals surface area contributed by atoms with Gasteiger partial charge < -0.3 is 10.1 Å². The number of hydrogen-bond donors (Lipinski definition) is 1. The summed E-state index contributed by atoms with van der Waals surface area (Å²) in [7, 11) is 0. The van der Waals surface area contributed by atoms with Crippen molar-refractivity contribution in [3.63, 3.8) is 0 Å². The molecule has 6 heteroatoms. The van der Waals surface area contributed by atoms with Crippen molar-refractivity contribution < 1.29 is 9.53 Å². The number of thiazole rings is 1. The van der Waals surface area contributed by atoms with Crippen LogP contribution in [0.15, 0.2) is 54.6 Å². The lowest BCUT2D eigenvalue weighted by Crippen LogP contribution is -2.28. The molecular weight excluding hydrogens is 356 g/mol. The number of nitrogens with one attached hydrogen (secondary N) is 1. The van der Waals surface area contributed by atoms with Gasteiger partial charge in [-0.25, -0.2) is 9.78 Å². The summed E-state index contributed by atoms with van der Waals surface area (Å²) in [6.07, 6.45) is 0.257. The minimum Gasteiger partial charge on any atom is -0.410 e. The van der Waals surface area contributed by atoms with Crippen LogP contribution in [0.25, 0.3) is 10.6 Å². The fraction of sp³-hybridized carbons (Fsp3) is 0.158. The van der Waals surface area contributed by atoms with Crippen molar-refractivity contribution in [3.05, 3.63) is 70.2 Å². The Labute approximate surface area is 155 Å². The van der Waals surface area contributed by atoms with Crippen LogP contribution in [0, 0.1) is 6.92 Å². The van der Waals surface area contributed by atoms with E-state index >= 15 is 0 Å². The number of benzene rings is 2. The number of aromatic nitrogens is 1. The first-order valence-electron chi connectivity index (χ1n) is 7.85. The molecule has 0 unspecified atom stereocenters. The molecule has 128 valence electrons. The Morgan fingerprint density at radius 1 is 1.16 bits per heavy atom. The molecule has 0 atom stereocenters. The zero-order chi connectivity index (χ0) is 17.6. The average Bonchev–Trinajstić information content (AvgIpc) is 2.97. The highest BCUT2D eigenvalue weighted by molar-refractivity contribution is 7.15. The predicted molar refractivity (Wildman–Crippen MR) is 101 cm³/mol. The van der Waals surface area contributed by atoms with Crippen LogP contribution in [0.1, 0.15) is 10.6 Å². The van der Waals surface area contributed by atoms with Gasteiger partial charge >= 0.3 is 6.09 Å². The topological polar surface area (TPSA) is 51.2 Å². The van der Waals surface area contributed by atoms with Crippen molar-refractivity contribution in [1.29, 1.82) is 0 Å². The fourth-order valence-electron chi connectivity index (χ4n) is 2.29. The third kappa shape index (κ3) is 4.81. The Hall–Kier alpha value is -2.37. The molecule has 0 fully saturated rings. The molecule has 0 radical (unpaired) electrons. The molecule has 0 bridgehead atoms. The Morgan fingerprint density at radius 3 is 2.60 bits per heavy atom. The standard InChI is InChI=1S/C19H17ClN2O2S/c1-13-17(25-18(22-13)14-7-9-15(20)10-8-14)11-12-21-19(23)24-16-5-3-2-4-6-16/h2-10H,11-12H2,1H3,(H,21,23). The molecule has 4 nitrogen and oxygen atoms in total. The number of rotatable bonds is 5. The molecular formula is C19H17ClN2O2S. The maximum atomic E-state index is 11.8. The number of ether oxygens (including phenoxy) is 1. The summed E-state index contributed by atoms with van der Waals surface area (Å²) in [4.78, 5) is 17.5. The van der Waals surface area contributed by atoms with E-state index in [1.54, 1.807) is 23.5 Å². The molecule has 1 aromatic heterocycles. The summed E-state index contributed by atoms with van der Waals surface area (Å²) in [5.74, 6) is 0.527. The second kappa shape index (κ2) is 8.14. The van der Waals surface area contributed by atoms with Crippen LogP contribution < -0.4 is 10.1 Å². The molecule has 0 aliphatic heterocycles. The Balaban J connectivity index is 1.55. The van der Waals surface area contributed by atoms with Crippen LogP contribution in [0.5, 0.6) is 5.75 Å². The van der Waals surface area contributed by atoms with Gasteiger partial charge in [-0.2, -0.15) is 0 Å². The third-order valence-corrected chi connectivity index (χ3v) is 5.08. The predicted octanol–water partition coefficient (Wildman–Crippen LogP) is 5.10. The molecule has 0 spiro atoms. The van der Waals surface area contributed by atoms with Crippen molar-refractivity contribution in [1.82, 2.24) is 10.3 Å². The molecule has 0 aliphatic rings. The van der Waals surface area contributed by atoms with Gasteiger partial charge in [0.05, 0.1) is 5.69 Å². The molecule has 25 heavy (non-hydrogen) atoms. The summed E-state index contributed by atoms with van der Waals surface area (Å²) in [6.45, 7) is 2.47. The molecule has 0 aliphatic carbocycles.